The van der Waals surface area contributed by atoms with Crippen molar-refractivity contribution in [3.63, 3.8) is 0 Å². The van der Waals surface area contributed by atoms with E-state index in [2.05, 4.69) is 5.32 Å². The van der Waals surface area contributed by atoms with E-state index in [1.54, 1.807) is 0 Å². The van der Waals surface area contributed by atoms with Crippen molar-refractivity contribution in [2.45, 2.75) is 32.1 Å². The topological polar surface area (TPSA) is 55.4 Å². The minimum absolute atomic E-state index is 0.0216. The fraction of sp³-hybridized carbons (Fsp3) is 0.529. The Balaban J connectivity index is 1.43. The average Bonchev–Trinajstić information content (AvgIpc) is 3.11. The second-order valence-corrected chi connectivity index (χ2v) is 6.91. The summed E-state index contributed by atoms with van der Waals surface area (Å²) >= 11 is 5.75. The van der Waals surface area contributed by atoms with Gasteiger partial charge in [-0.3, -0.25) is 9.59 Å². The van der Waals surface area contributed by atoms with Gasteiger partial charge in [-0.25, -0.2) is 4.39 Å². The molecule has 1 amide bonds. The molecule has 0 aromatic heterocycles. The van der Waals surface area contributed by atoms with Crippen LogP contribution in [-0.2, 0) is 14.3 Å². The number of ether oxygens (including phenoxy) is 1. The van der Waals surface area contributed by atoms with Crippen LogP contribution in [0.1, 0.15) is 32.1 Å². The molecule has 1 aromatic carbocycles. The number of rotatable bonds is 5. The van der Waals surface area contributed by atoms with E-state index in [1.807, 2.05) is 0 Å². The Morgan fingerprint density at radius 1 is 1.30 bits per heavy atom. The van der Waals surface area contributed by atoms with Crippen LogP contribution in [-0.4, -0.2) is 18.5 Å². The maximum Gasteiger partial charge on any atom is 0.306 e. The van der Waals surface area contributed by atoms with Crippen LogP contribution in [0.25, 0.3) is 0 Å². The van der Waals surface area contributed by atoms with E-state index in [0.717, 1.165) is 12.3 Å². The Hall–Kier alpha value is -1.62. The zero-order valence-electron chi connectivity index (χ0n) is 12.7. The maximum atomic E-state index is 13.5. The van der Waals surface area contributed by atoms with Gasteiger partial charge in [0.25, 0.3) is 5.91 Å². The third-order valence-corrected chi connectivity index (χ3v) is 5.12. The smallest absolute Gasteiger partial charge is 0.306 e. The summed E-state index contributed by atoms with van der Waals surface area (Å²) in [6, 6.07) is 3.87. The van der Waals surface area contributed by atoms with Crippen molar-refractivity contribution in [3.05, 3.63) is 29.0 Å². The summed E-state index contributed by atoms with van der Waals surface area (Å²) in [5.41, 5.74) is -0.0216. The molecule has 23 heavy (non-hydrogen) atoms. The predicted molar refractivity (Wildman–Crippen MR) is 84.6 cm³/mol. The van der Waals surface area contributed by atoms with Crippen LogP contribution < -0.4 is 5.32 Å². The summed E-state index contributed by atoms with van der Waals surface area (Å²) in [6.45, 7) is -0.411. The number of hydrogen-bond acceptors (Lipinski definition) is 3. The normalized spacial score (nSPS) is 25.4. The number of nitrogens with one attached hydrogen (secondary N) is 1. The molecule has 6 heteroatoms. The minimum atomic E-state index is -0.587. The van der Waals surface area contributed by atoms with Crippen molar-refractivity contribution in [2.75, 3.05) is 11.9 Å². The lowest BCUT2D eigenvalue weighted by atomic mass is 9.86. The second kappa shape index (κ2) is 6.87. The molecule has 0 heterocycles. The molecule has 3 atom stereocenters. The molecule has 2 saturated carbocycles. The zero-order valence-corrected chi connectivity index (χ0v) is 13.4. The van der Waals surface area contributed by atoms with Crippen molar-refractivity contribution >= 4 is 29.2 Å². The van der Waals surface area contributed by atoms with Gasteiger partial charge >= 0.3 is 5.97 Å². The third-order valence-electron chi connectivity index (χ3n) is 4.88. The van der Waals surface area contributed by atoms with Crippen LogP contribution in [0.5, 0.6) is 0 Å². The van der Waals surface area contributed by atoms with Gasteiger partial charge in [-0.1, -0.05) is 18.0 Å². The number of benzene rings is 1. The molecule has 0 unspecified atom stereocenters. The molecule has 0 aliphatic heterocycles. The van der Waals surface area contributed by atoms with Crippen molar-refractivity contribution < 1.29 is 18.7 Å². The first-order chi connectivity index (χ1) is 11.0. The van der Waals surface area contributed by atoms with Crippen molar-refractivity contribution in [2.24, 2.45) is 17.8 Å². The van der Waals surface area contributed by atoms with Gasteiger partial charge in [0.15, 0.2) is 6.61 Å². The van der Waals surface area contributed by atoms with Crippen molar-refractivity contribution in [1.29, 1.82) is 0 Å². The van der Waals surface area contributed by atoms with Gasteiger partial charge in [-0.2, -0.15) is 0 Å². The SMILES string of the molecule is O=C(COC(=O)C[C@H]1C[C@@H]2CC[C@@H]1C2)Nc1cc(Cl)ccc1F. The number of carbonyl (C=O) groups excluding carboxylic acids is 2. The molecule has 0 saturated heterocycles. The van der Waals surface area contributed by atoms with Crippen LogP contribution in [0, 0.1) is 23.6 Å². The largest absolute Gasteiger partial charge is 0.456 e. The number of halogens is 2. The number of carbonyl (C=O) groups is 2. The quantitative estimate of drug-likeness (QED) is 0.830. The van der Waals surface area contributed by atoms with Crippen LogP contribution in [0.15, 0.2) is 18.2 Å². The summed E-state index contributed by atoms with van der Waals surface area (Å²) < 4.78 is 18.5. The number of anilines is 1. The molecule has 0 radical (unpaired) electrons. The highest BCUT2D eigenvalue weighted by molar-refractivity contribution is 6.30. The molecule has 2 aliphatic carbocycles. The standard InChI is InChI=1S/C17H19ClFNO3/c18-13-3-4-14(19)15(8-13)20-16(21)9-23-17(22)7-12-6-10-1-2-11(12)5-10/h3-4,8,10-12H,1-2,5-7,9H2,(H,20,21)/t10-,11-,12-/m1/s1. The zero-order chi connectivity index (χ0) is 16.4. The monoisotopic (exact) mass is 339 g/mol. The van der Waals surface area contributed by atoms with E-state index in [9.17, 15) is 14.0 Å². The first-order valence-electron chi connectivity index (χ1n) is 7.92. The predicted octanol–water partition coefficient (Wildman–Crippen LogP) is 3.79. The number of fused-ring (bicyclic) bond motifs is 2. The van der Waals surface area contributed by atoms with E-state index < -0.39 is 18.3 Å². The number of hydrogen-bond donors (Lipinski definition) is 1. The van der Waals surface area contributed by atoms with Crippen LogP contribution in [0.2, 0.25) is 5.02 Å². The highest BCUT2D eigenvalue weighted by Crippen LogP contribution is 2.49. The van der Waals surface area contributed by atoms with E-state index in [1.165, 1.54) is 37.5 Å². The highest BCUT2D eigenvalue weighted by Gasteiger charge is 2.40. The molecule has 4 nitrogen and oxygen atoms in total. The average molecular weight is 340 g/mol. The summed E-state index contributed by atoms with van der Waals surface area (Å²) in [5, 5.41) is 2.67. The fourth-order valence-electron chi connectivity index (χ4n) is 3.83. The molecule has 2 aliphatic rings. The second-order valence-electron chi connectivity index (χ2n) is 6.47. The van der Waals surface area contributed by atoms with Gasteiger partial charge in [-0.05, 0) is 55.2 Å². The Morgan fingerprint density at radius 2 is 2.13 bits per heavy atom. The van der Waals surface area contributed by atoms with Crippen molar-refractivity contribution in [1.82, 2.24) is 0 Å². The summed E-state index contributed by atoms with van der Waals surface area (Å²) in [7, 11) is 0. The lowest BCUT2D eigenvalue weighted by molar-refractivity contribution is -0.148. The van der Waals surface area contributed by atoms with E-state index in [4.69, 9.17) is 16.3 Å². The van der Waals surface area contributed by atoms with Gasteiger partial charge in [-0.15, -0.1) is 0 Å². The molecule has 1 N–H and O–H groups in total. The molecule has 2 bridgehead atoms. The lowest BCUT2D eigenvalue weighted by Crippen LogP contribution is -2.23. The number of amides is 1. The molecule has 2 fully saturated rings. The first-order valence-corrected chi connectivity index (χ1v) is 8.29. The minimum Gasteiger partial charge on any atom is -0.456 e. The van der Waals surface area contributed by atoms with Crippen molar-refractivity contribution in [3.8, 4) is 0 Å². The lowest BCUT2D eigenvalue weighted by Gasteiger charge is -2.20. The third kappa shape index (κ3) is 4.02. The van der Waals surface area contributed by atoms with E-state index in [-0.39, 0.29) is 11.7 Å². The van der Waals surface area contributed by atoms with E-state index >= 15 is 0 Å². The Kier molecular flexibility index (Phi) is 4.85. The maximum absolute atomic E-state index is 13.5. The first kappa shape index (κ1) is 16.2. The summed E-state index contributed by atoms with van der Waals surface area (Å²) in [4.78, 5) is 23.6. The molecule has 3 rings (SSSR count). The Morgan fingerprint density at radius 3 is 2.83 bits per heavy atom. The highest BCUT2D eigenvalue weighted by atomic mass is 35.5. The van der Waals surface area contributed by atoms with E-state index in [0.29, 0.717) is 23.3 Å². The Labute approximate surface area is 139 Å². The van der Waals surface area contributed by atoms with Gasteiger partial charge in [0.05, 0.1) is 5.69 Å². The molecule has 1 aromatic rings. The number of esters is 1. The van der Waals surface area contributed by atoms with Gasteiger partial charge in [0, 0.05) is 11.4 Å². The van der Waals surface area contributed by atoms with Gasteiger partial charge in [0.1, 0.15) is 5.82 Å². The van der Waals surface area contributed by atoms with Gasteiger partial charge in [0.2, 0.25) is 0 Å². The summed E-state index contributed by atoms with van der Waals surface area (Å²) in [5.74, 6) is 0.288. The Bertz CT molecular complexity index is 622. The molecular formula is C17H19ClFNO3. The fourth-order valence-corrected chi connectivity index (χ4v) is 4.00. The summed E-state index contributed by atoms with van der Waals surface area (Å²) in [6.07, 6.45) is 5.19. The van der Waals surface area contributed by atoms with Crippen LogP contribution >= 0.6 is 11.6 Å². The molecule has 0 spiro atoms. The van der Waals surface area contributed by atoms with Gasteiger partial charge < -0.3 is 10.1 Å². The van der Waals surface area contributed by atoms with Crippen LogP contribution in [0.4, 0.5) is 10.1 Å². The van der Waals surface area contributed by atoms with Crippen LogP contribution in [0.3, 0.4) is 0 Å². The molecular weight excluding hydrogens is 321 g/mol. The molecule has 124 valence electrons.